The van der Waals surface area contributed by atoms with Crippen LogP contribution in [0.5, 0.6) is 0 Å². The number of imide groups is 2. The Hall–Kier alpha value is -1.86. The summed E-state index contributed by atoms with van der Waals surface area (Å²) in [5, 5.41) is 5.32. The van der Waals surface area contributed by atoms with Crippen LogP contribution in [-0.2, 0) is 37.5 Å². The summed E-state index contributed by atoms with van der Waals surface area (Å²) in [6.45, 7) is 5.51. The Morgan fingerprint density at radius 3 is 1.98 bits per heavy atom. The molecule has 222 valence electrons. The zero-order valence-corrected chi connectivity index (χ0v) is 25.0. The fourth-order valence-corrected chi connectivity index (χ4v) is 4.70. The van der Waals surface area contributed by atoms with Gasteiger partial charge in [-0.2, -0.15) is 0 Å². The van der Waals surface area contributed by atoms with Crippen molar-refractivity contribution >= 4 is 59.7 Å². The number of ether oxygens (including phenoxy) is 5. The number of nitrogens with zero attached hydrogens (tertiary/aromatic N) is 1. The van der Waals surface area contributed by atoms with Gasteiger partial charge in [0.2, 0.25) is 11.8 Å². The smallest absolute Gasteiger partial charge is 0.264 e. The third-order valence-electron chi connectivity index (χ3n) is 5.87. The average molecular weight is 696 g/mol. The molecule has 1 saturated heterocycles. The molecule has 1 aromatic carbocycles. The van der Waals surface area contributed by atoms with Gasteiger partial charge in [-0.05, 0) is 18.6 Å². The number of hydrogen-bond acceptors (Lipinski definition) is 12. The minimum atomic E-state index is -1.000. The third kappa shape index (κ3) is 10.2. The second kappa shape index (κ2) is 18.5. The van der Waals surface area contributed by atoms with Gasteiger partial charge in [0, 0.05) is 39.9 Å². The Kier molecular flexibility index (Phi) is 15.1. The Labute approximate surface area is 249 Å². The highest BCUT2D eigenvalue weighted by atomic mass is 127. The van der Waals surface area contributed by atoms with E-state index in [4.69, 9.17) is 27.9 Å². The van der Waals surface area contributed by atoms with Crippen molar-refractivity contribution in [2.75, 3.05) is 84.5 Å². The second-order valence-electron chi connectivity index (χ2n) is 8.55. The van der Waals surface area contributed by atoms with Crippen LogP contribution in [0.15, 0.2) is 18.2 Å². The molecule has 13 nitrogen and oxygen atoms in total. The number of piperidine rings is 1. The molecule has 15 heteroatoms. The molecule has 40 heavy (non-hydrogen) atoms. The van der Waals surface area contributed by atoms with Crippen LogP contribution in [0.1, 0.15) is 33.6 Å². The summed E-state index contributed by atoms with van der Waals surface area (Å²) < 4.78 is 32.3. The zero-order chi connectivity index (χ0) is 28.6. The van der Waals surface area contributed by atoms with Crippen molar-refractivity contribution in [2.45, 2.75) is 18.9 Å². The number of benzene rings is 1. The lowest BCUT2D eigenvalue weighted by Gasteiger charge is -2.27. The highest BCUT2D eigenvalue weighted by Crippen LogP contribution is 2.32. The maximum Gasteiger partial charge on any atom is 0.264 e. The number of amides is 4. The van der Waals surface area contributed by atoms with Crippen LogP contribution < -0.4 is 10.6 Å². The van der Waals surface area contributed by atoms with E-state index >= 15 is 0 Å². The van der Waals surface area contributed by atoms with Gasteiger partial charge in [-0.3, -0.25) is 29.4 Å². The molecule has 2 aliphatic heterocycles. The minimum absolute atomic E-state index is 0.0733. The molecule has 0 radical (unpaired) electrons. The molecule has 2 N–H and O–H groups in total. The minimum Gasteiger partial charge on any atom is -0.382 e. The molecule has 0 aliphatic carbocycles. The first-order valence-electron chi connectivity index (χ1n) is 12.9. The third-order valence-corrected chi connectivity index (χ3v) is 6.89. The van der Waals surface area contributed by atoms with Crippen molar-refractivity contribution < 1.29 is 47.0 Å². The van der Waals surface area contributed by atoms with Crippen LogP contribution >= 0.6 is 30.4 Å². The fraction of sp³-hybridized carbons (Fsp3) is 0.600. The van der Waals surface area contributed by atoms with Crippen molar-refractivity contribution in [3.05, 3.63) is 29.3 Å². The standard InChI is InChI=1S/C25H34IN3O10S/c26-40-39-17-16-38-15-14-37-13-12-36-11-10-35-9-8-34-7-6-27-19-3-1-2-18-22(19)25(33)29(24(18)32)20-4-5-21(30)28-23(20)31/h1-3,20,27H,4-17H2,(H,28,30,31). The van der Waals surface area contributed by atoms with Gasteiger partial charge in [-0.15, -0.1) is 0 Å². The summed E-state index contributed by atoms with van der Waals surface area (Å²) in [7, 11) is 1.28. The lowest BCUT2D eigenvalue weighted by atomic mass is 10.0. The quantitative estimate of drug-likeness (QED) is 0.0833. The van der Waals surface area contributed by atoms with Gasteiger partial charge in [-0.25, -0.2) is 0 Å². The molecule has 2 heterocycles. The van der Waals surface area contributed by atoms with Crippen molar-refractivity contribution in [1.29, 1.82) is 0 Å². The number of hydrogen-bond donors (Lipinski definition) is 2. The Balaban J connectivity index is 1.22. The Morgan fingerprint density at radius 1 is 0.825 bits per heavy atom. The van der Waals surface area contributed by atoms with E-state index in [1.165, 1.54) is 9.21 Å². The van der Waals surface area contributed by atoms with Crippen LogP contribution in [0.25, 0.3) is 0 Å². The van der Waals surface area contributed by atoms with Crippen LogP contribution in [0.2, 0.25) is 0 Å². The highest BCUT2D eigenvalue weighted by Gasteiger charge is 2.45. The van der Waals surface area contributed by atoms with E-state index < -0.39 is 29.7 Å². The largest absolute Gasteiger partial charge is 0.382 e. The summed E-state index contributed by atoms with van der Waals surface area (Å²) in [5.74, 6) is -2.14. The molecule has 1 aromatic rings. The van der Waals surface area contributed by atoms with Gasteiger partial charge in [0.05, 0.1) is 93.0 Å². The zero-order valence-electron chi connectivity index (χ0n) is 22.0. The summed E-state index contributed by atoms with van der Waals surface area (Å²) in [6, 6.07) is 3.92. The van der Waals surface area contributed by atoms with E-state index in [0.29, 0.717) is 84.9 Å². The van der Waals surface area contributed by atoms with E-state index in [1.807, 2.05) is 0 Å². The highest BCUT2D eigenvalue weighted by molar-refractivity contribution is 14.2. The second-order valence-corrected chi connectivity index (χ2v) is 9.99. The van der Waals surface area contributed by atoms with E-state index in [-0.39, 0.29) is 24.0 Å². The van der Waals surface area contributed by atoms with Gasteiger partial charge >= 0.3 is 0 Å². The predicted octanol–water partition coefficient (Wildman–Crippen LogP) is 1.60. The van der Waals surface area contributed by atoms with Crippen LogP contribution in [0.3, 0.4) is 0 Å². The molecular formula is C25H34IN3O10S. The van der Waals surface area contributed by atoms with Gasteiger partial charge in [0.1, 0.15) is 6.04 Å². The molecule has 1 unspecified atom stereocenters. The Bertz CT molecular complexity index is 1000. The van der Waals surface area contributed by atoms with E-state index in [1.54, 1.807) is 18.2 Å². The van der Waals surface area contributed by atoms with E-state index in [2.05, 4.69) is 31.8 Å². The maximum atomic E-state index is 13.1. The molecule has 0 saturated carbocycles. The first-order valence-corrected chi connectivity index (χ1v) is 16.2. The van der Waals surface area contributed by atoms with Gasteiger partial charge < -0.3 is 33.2 Å². The summed E-state index contributed by atoms with van der Waals surface area (Å²) in [6.07, 6.45) is 0.185. The van der Waals surface area contributed by atoms with Crippen molar-refractivity contribution in [2.24, 2.45) is 0 Å². The Morgan fingerprint density at radius 2 is 1.40 bits per heavy atom. The monoisotopic (exact) mass is 695 g/mol. The van der Waals surface area contributed by atoms with Gasteiger partial charge in [0.25, 0.3) is 11.8 Å². The number of halogens is 1. The van der Waals surface area contributed by atoms with Gasteiger partial charge in [-0.1, -0.05) is 6.07 Å². The molecule has 0 aromatic heterocycles. The number of anilines is 1. The summed E-state index contributed by atoms with van der Waals surface area (Å²) in [4.78, 5) is 50.6. The lowest BCUT2D eigenvalue weighted by molar-refractivity contribution is -0.136. The maximum absolute atomic E-state index is 13.1. The number of carbonyl (C=O) groups excluding carboxylic acids is 4. The molecule has 3 rings (SSSR count). The summed E-state index contributed by atoms with van der Waals surface area (Å²) >= 11 is 2.06. The average Bonchev–Trinajstić information content (AvgIpc) is 3.20. The summed E-state index contributed by atoms with van der Waals surface area (Å²) in [5.41, 5.74) is 0.930. The predicted molar refractivity (Wildman–Crippen MR) is 153 cm³/mol. The normalized spacial score (nSPS) is 16.9. The number of carbonyl (C=O) groups is 4. The van der Waals surface area contributed by atoms with Crippen LogP contribution in [0, 0.1) is 0 Å². The number of rotatable bonds is 21. The first-order chi connectivity index (χ1) is 19.5. The van der Waals surface area contributed by atoms with E-state index in [0.717, 1.165) is 4.90 Å². The van der Waals surface area contributed by atoms with Crippen molar-refractivity contribution in [3.8, 4) is 0 Å². The van der Waals surface area contributed by atoms with E-state index in [9.17, 15) is 19.2 Å². The first kappa shape index (κ1) is 32.7. The molecule has 2 aliphatic rings. The molecule has 0 bridgehead atoms. The molecule has 0 spiro atoms. The van der Waals surface area contributed by atoms with Gasteiger partial charge in [0.15, 0.2) is 0 Å². The van der Waals surface area contributed by atoms with Crippen LogP contribution in [0.4, 0.5) is 5.69 Å². The molecular weight excluding hydrogens is 661 g/mol. The topological polar surface area (TPSA) is 151 Å². The fourth-order valence-electron chi connectivity index (χ4n) is 4.03. The SMILES string of the molecule is O=C1CCC(N2C(=O)c3cccc(NCCOCCOCCOCCOCCOCCOSI)c3C2=O)C(=O)N1. The molecule has 1 atom stereocenters. The van der Waals surface area contributed by atoms with Crippen molar-refractivity contribution in [3.63, 3.8) is 0 Å². The lowest BCUT2D eigenvalue weighted by Crippen LogP contribution is -2.54. The number of nitrogens with one attached hydrogen (secondary N) is 2. The molecule has 1 fully saturated rings. The molecule has 4 amide bonds. The van der Waals surface area contributed by atoms with Crippen LogP contribution in [-0.4, -0.2) is 114 Å². The number of fused-ring (bicyclic) bond motifs is 1. The van der Waals surface area contributed by atoms with Crippen molar-refractivity contribution in [1.82, 2.24) is 10.2 Å².